The van der Waals surface area contributed by atoms with Gasteiger partial charge in [-0.25, -0.2) is 0 Å². The molecular weight excluding hydrogens is 392 g/mol. The topological polar surface area (TPSA) is 111 Å². The normalized spacial score (nSPS) is 20.0. The van der Waals surface area contributed by atoms with Crippen LogP contribution in [0.25, 0.3) is 0 Å². The summed E-state index contributed by atoms with van der Waals surface area (Å²) in [6, 6.07) is 7.12. The van der Waals surface area contributed by atoms with Gasteiger partial charge in [0, 0.05) is 0 Å². The highest BCUT2D eigenvalue weighted by atomic mass is 16.5. The standard InChI is InChI=1S/C21H24N2O7/c1-28-16-8-4-5-9-17(16)29-11-10-22-18(24)13-30-19(25)12-23-20(26)14-6-2-3-7-15(14)21(23)27/h2-5,8-9,14-15H,6-7,10-13H2,1H3,(H,22,24)/t14-,15+. The van der Waals surface area contributed by atoms with Crippen LogP contribution >= 0.6 is 0 Å². The number of carbonyl (C=O) groups excluding carboxylic acids is 4. The average molecular weight is 416 g/mol. The molecule has 3 amide bonds. The third kappa shape index (κ3) is 4.97. The smallest absolute Gasteiger partial charge is 0.326 e. The summed E-state index contributed by atoms with van der Waals surface area (Å²) in [5.74, 6) is -1.69. The molecule has 1 heterocycles. The Hall–Kier alpha value is -3.36. The highest BCUT2D eigenvalue weighted by Gasteiger charge is 2.47. The first kappa shape index (κ1) is 21.4. The fourth-order valence-electron chi connectivity index (χ4n) is 3.49. The second-order valence-electron chi connectivity index (χ2n) is 6.93. The number of nitrogens with zero attached hydrogens (tertiary/aromatic N) is 1. The van der Waals surface area contributed by atoms with Crippen LogP contribution in [0, 0.1) is 11.8 Å². The van der Waals surface area contributed by atoms with Crippen molar-refractivity contribution in [3.05, 3.63) is 36.4 Å². The number of imide groups is 1. The maximum absolute atomic E-state index is 12.3. The number of allylic oxidation sites excluding steroid dienone is 2. The van der Waals surface area contributed by atoms with Crippen LogP contribution in [0.4, 0.5) is 0 Å². The average Bonchev–Trinajstić information content (AvgIpc) is 3.00. The zero-order chi connectivity index (χ0) is 21.5. The molecule has 2 aliphatic rings. The Morgan fingerprint density at radius 3 is 2.33 bits per heavy atom. The lowest BCUT2D eigenvalue weighted by Crippen LogP contribution is -2.38. The summed E-state index contributed by atoms with van der Waals surface area (Å²) >= 11 is 0. The van der Waals surface area contributed by atoms with Crippen molar-refractivity contribution in [1.82, 2.24) is 10.2 Å². The Kier molecular flexibility index (Phi) is 7.05. The van der Waals surface area contributed by atoms with E-state index in [1.54, 1.807) is 18.2 Å². The van der Waals surface area contributed by atoms with Gasteiger partial charge in [0.15, 0.2) is 18.1 Å². The van der Waals surface area contributed by atoms with Gasteiger partial charge in [0.2, 0.25) is 11.8 Å². The molecule has 1 aliphatic carbocycles. The van der Waals surface area contributed by atoms with Crippen molar-refractivity contribution in [2.75, 3.05) is 33.4 Å². The van der Waals surface area contributed by atoms with Crippen molar-refractivity contribution in [2.45, 2.75) is 12.8 Å². The van der Waals surface area contributed by atoms with Crippen LogP contribution in [0.2, 0.25) is 0 Å². The van der Waals surface area contributed by atoms with Crippen LogP contribution in [-0.2, 0) is 23.9 Å². The van der Waals surface area contributed by atoms with E-state index in [-0.39, 0.29) is 25.0 Å². The molecule has 1 saturated heterocycles. The monoisotopic (exact) mass is 416 g/mol. The number of carbonyl (C=O) groups is 4. The third-order valence-corrected chi connectivity index (χ3v) is 5.00. The maximum Gasteiger partial charge on any atom is 0.326 e. The van der Waals surface area contributed by atoms with Crippen molar-refractivity contribution in [3.8, 4) is 11.5 Å². The summed E-state index contributed by atoms with van der Waals surface area (Å²) < 4.78 is 15.6. The number of hydrogen-bond donors (Lipinski definition) is 1. The van der Waals surface area contributed by atoms with Crippen LogP contribution < -0.4 is 14.8 Å². The van der Waals surface area contributed by atoms with Gasteiger partial charge in [-0.05, 0) is 25.0 Å². The first-order valence-electron chi connectivity index (χ1n) is 9.69. The molecule has 1 fully saturated rings. The SMILES string of the molecule is COc1ccccc1OCCNC(=O)COC(=O)CN1C(=O)[C@H]2CC=CC[C@H]2C1=O. The van der Waals surface area contributed by atoms with Gasteiger partial charge in [-0.15, -0.1) is 0 Å². The van der Waals surface area contributed by atoms with Crippen molar-refractivity contribution in [1.29, 1.82) is 0 Å². The molecule has 9 heteroatoms. The van der Waals surface area contributed by atoms with Crippen LogP contribution in [0.1, 0.15) is 12.8 Å². The third-order valence-electron chi connectivity index (χ3n) is 5.00. The Labute approximate surface area is 174 Å². The Balaban J connectivity index is 1.35. The minimum Gasteiger partial charge on any atom is -0.493 e. The number of para-hydroxylation sites is 2. The van der Waals surface area contributed by atoms with Gasteiger partial charge in [-0.2, -0.15) is 0 Å². The molecular formula is C21H24N2O7. The lowest BCUT2D eigenvalue weighted by Gasteiger charge is -2.14. The van der Waals surface area contributed by atoms with E-state index in [0.29, 0.717) is 24.3 Å². The van der Waals surface area contributed by atoms with Gasteiger partial charge >= 0.3 is 5.97 Å². The number of methoxy groups -OCH3 is 1. The van der Waals surface area contributed by atoms with Gasteiger partial charge in [-0.3, -0.25) is 24.1 Å². The second-order valence-corrected chi connectivity index (χ2v) is 6.93. The first-order valence-corrected chi connectivity index (χ1v) is 9.69. The van der Waals surface area contributed by atoms with Crippen LogP contribution in [0.5, 0.6) is 11.5 Å². The molecule has 1 aromatic carbocycles. The fraction of sp³-hybridized carbons (Fsp3) is 0.429. The van der Waals surface area contributed by atoms with E-state index >= 15 is 0 Å². The van der Waals surface area contributed by atoms with Crippen molar-refractivity contribution in [3.63, 3.8) is 0 Å². The molecule has 30 heavy (non-hydrogen) atoms. The molecule has 0 unspecified atom stereocenters. The molecule has 1 aromatic rings. The number of nitrogens with one attached hydrogen (secondary N) is 1. The molecule has 0 aromatic heterocycles. The zero-order valence-electron chi connectivity index (χ0n) is 16.7. The van der Waals surface area contributed by atoms with Crippen LogP contribution in [-0.4, -0.2) is 62.0 Å². The number of ether oxygens (including phenoxy) is 3. The summed E-state index contributed by atoms with van der Waals surface area (Å²) in [4.78, 5) is 49.4. The summed E-state index contributed by atoms with van der Waals surface area (Å²) in [5, 5.41) is 2.56. The molecule has 0 saturated carbocycles. The van der Waals surface area contributed by atoms with Crippen molar-refractivity contribution >= 4 is 23.7 Å². The summed E-state index contributed by atoms with van der Waals surface area (Å²) in [6.07, 6.45) is 4.74. The fourth-order valence-corrected chi connectivity index (χ4v) is 3.49. The number of benzene rings is 1. The summed E-state index contributed by atoms with van der Waals surface area (Å²) in [7, 11) is 1.53. The minimum atomic E-state index is -0.802. The predicted octanol–water partition coefficient (Wildman–Crippen LogP) is 0.685. The molecule has 160 valence electrons. The highest BCUT2D eigenvalue weighted by Crippen LogP contribution is 2.34. The van der Waals surface area contributed by atoms with E-state index < -0.39 is 36.9 Å². The lowest BCUT2D eigenvalue weighted by molar-refractivity contribution is -0.154. The lowest BCUT2D eigenvalue weighted by atomic mass is 9.85. The first-order chi connectivity index (χ1) is 14.5. The largest absolute Gasteiger partial charge is 0.493 e. The van der Waals surface area contributed by atoms with Crippen LogP contribution in [0.3, 0.4) is 0 Å². The molecule has 0 bridgehead atoms. The zero-order valence-corrected chi connectivity index (χ0v) is 16.7. The summed E-state index contributed by atoms with van der Waals surface area (Å²) in [5.41, 5.74) is 0. The highest BCUT2D eigenvalue weighted by molar-refractivity contribution is 6.07. The van der Waals surface area contributed by atoms with E-state index in [4.69, 9.17) is 14.2 Å². The molecule has 0 radical (unpaired) electrons. The number of esters is 1. The van der Waals surface area contributed by atoms with Crippen LogP contribution in [0.15, 0.2) is 36.4 Å². The Morgan fingerprint density at radius 2 is 1.70 bits per heavy atom. The molecule has 1 aliphatic heterocycles. The van der Waals surface area contributed by atoms with Gasteiger partial charge < -0.3 is 19.5 Å². The maximum atomic E-state index is 12.3. The van der Waals surface area contributed by atoms with E-state index in [0.717, 1.165) is 4.90 Å². The number of amides is 3. The van der Waals surface area contributed by atoms with Crippen molar-refractivity contribution < 1.29 is 33.4 Å². The van der Waals surface area contributed by atoms with E-state index in [2.05, 4.69) is 5.32 Å². The Morgan fingerprint density at radius 1 is 1.07 bits per heavy atom. The summed E-state index contributed by atoms with van der Waals surface area (Å²) in [6.45, 7) is -0.575. The van der Waals surface area contributed by atoms with Gasteiger partial charge in [0.25, 0.3) is 5.91 Å². The molecule has 3 rings (SSSR count). The van der Waals surface area contributed by atoms with Gasteiger partial charge in [-0.1, -0.05) is 24.3 Å². The number of rotatable bonds is 9. The predicted molar refractivity (Wildman–Crippen MR) is 105 cm³/mol. The minimum absolute atomic E-state index is 0.202. The van der Waals surface area contributed by atoms with Crippen molar-refractivity contribution in [2.24, 2.45) is 11.8 Å². The van der Waals surface area contributed by atoms with E-state index in [1.807, 2.05) is 18.2 Å². The van der Waals surface area contributed by atoms with E-state index in [1.165, 1.54) is 7.11 Å². The van der Waals surface area contributed by atoms with Gasteiger partial charge in [0.1, 0.15) is 13.2 Å². The molecule has 0 spiro atoms. The Bertz CT molecular complexity index is 826. The van der Waals surface area contributed by atoms with E-state index in [9.17, 15) is 19.2 Å². The molecule has 2 atom stereocenters. The molecule has 9 nitrogen and oxygen atoms in total. The number of hydrogen-bond acceptors (Lipinski definition) is 7. The number of fused-ring (bicyclic) bond motifs is 1. The van der Waals surface area contributed by atoms with Gasteiger partial charge in [0.05, 0.1) is 25.5 Å². The number of likely N-dealkylation sites (tertiary alicyclic amines) is 1. The second kappa shape index (κ2) is 9.91. The molecule has 1 N–H and O–H groups in total. The quantitative estimate of drug-likeness (QED) is 0.273.